The van der Waals surface area contributed by atoms with Crippen molar-refractivity contribution in [1.82, 2.24) is 15.3 Å². The van der Waals surface area contributed by atoms with Gasteiger partial charge in [0.2, 0.25) is 5.88 Å². The molecule has 0 aliphatic heterocycles. The van der Waals surface area contributed by atoms with E-state index in [0.717, 1.165) is 10.9 Å². The third kappa shape index (κ3) is 3.55. The Morgan fingerprint density at radius 3 is 2.87 bits per heavy atom. The number of para-hydroxylation sites is 1. The van der Waals surface area contributed by atoms with Gasteiger partial charge in [0.15, 0.2) is 5.65 Å². The number of nitrogens with one attached hydrogen (secondary N) is 1. The molecule has 0 unspecified atom stereocenters. The second-order valence-corrected chi connectivity index (χ2v) is 4.75. The summed E-state index contributed by atoms with van der Waals surface area (Å²) in [6, 6.07) is 14.6. The van der Waals surface area contributed by atoms with Gasteiger partial charge in [-0.05, 0) is 24.3 Å². The highest BCUT2D eigenvalue weighted by molar-refractivity contribution is 5.76. The Balaban J connectivity index is 1.64. The molecule has 1 N–H and O–H groups in total. The second kappa shape index (κ2) is 6.74. The number of rotatable bonds is 4. The molecule has 116 valence electrons. The van der Waals surface area contributed by atoms with Crippen molar-refractivity contribution in [2.24, 2.45) is 0 Å². The highest BCUT2D eigenvalue weighted by atomic mass is 16.6. The molecule has 23 heavy (non-hydrogen) atoms. The fourth-order valence-electron chi connectivity index (χ4n) is 2.14. The number of benzene rings is 1. The van der Waals surface area contributed by atoms with Gasteiger partial charge in [-0.1, -0.05) is 18.2 Å². The number of methoxy groups -OCH3 is 1. The monoisotopic (exact) mass is 309 g/mol. The number of carbonyl (C=O) groups excluding carboxylic acids is 1. The molecule has 1 amide bonds. The van der Waals surface area contributed by atoms with E-state index in [0.29, 0.717) is 17.9 Å². The predicted molar refractivity (Wildman–Crippen MR) is 85.4 cm³/mol. The Morgan fingerprint density at radius 1 is 1.13 bits per heavy atom. The minimum absolute atomic E-state index is 0.203. The lowest BCUT2D eigenvalue weighted by Gasteiger charge is -2.09. The molecule has 0 spiro atoms. The van der Waals surface area contributed by atoms with Crippen molar-refractivity contribution in [1.29, 1.82) is 0 Å². The van der Waals surface area contributed by atoms with Gasteiger partial charge >= 0.3 is 6.09 Å². The van der Waals surface area contributed by atoms with Gasteiger partial charge in [0, 0.05) is 29.8 Å². The first kappa shape index (κ1) is 14.8. The van der Waals surface area contributed by atoms with E-state index in [4.69, 9.17) is 9.47 Å². The standard InChI is InChI=1S/C17H15N3O3/c1-22-14-7-3-2-5-13(14)11-19-17(21)23-15-9-8-12-6-4-10-18-16(12)20-15/h2-10H,11H2,1H3,(H,19,21). The quantitative estimate of drug-likeness (QED) is 0.802. The van der Waals surface area contributed by atoms with Gasteiger partial charge in [-0.2, -0.15) is 4.98 Å². The zero-order valence-electron chi connectivity index (χ0n) is 12.5. The highest BCUT2D eigenvalue weighted by Gasteiger charge is 2.08. The SMILES string of the molecule is COc1ccccc1CNC(=O)Oc1ccc2cccnc2n1. The average Bonchev–Trinajstić information content (AvgIpc) is 2.60. The van der Waals surface area contributed by atoms with Crippen LogP contribution in [0, 0.1) is 0 Å². The molecule has 0 aliphatic rings. The van der Waals surface area contributed by atoms with Crippen molar-refractivity contribution in [3.63, 3.8) is 0 Å². The molecule has 6 heteroatoms. The van der Waals surface area contributed by atoms with E-state index in [-0.39, 0.29) is 5.88 Å². The minimum Gasteiger partial charge on any atom is -0.496 e. The Kier molecular flexibility index (Phi) is 4.33. The van der Waals surface area contributed by atoms with Crippen molar-refractivity contribution in [3.8, 4) is 11.6 Å². The number of aromatic nitrogens is 2. The van der Waals surface area contributed by atoms with Gasteiger partial charge in [-0.15, -0.1) is 0 Å². The molecule has 0 bridgehead atoms. The molecular weight excluding hydrogens is 294 g/mol. The summed E-state index contributed by atoms with van der Waals surface area (Å²) < 4.78 is 10.4. The molecular formula is C17H15N3O3. The molecule has 0 fully saturated rings. The van der Waals surface area contributed by atoms with Gasteiger partial charge in [-0.3, -0.25) is 0 Å². The Morgan fingerprint density at radius 2 is 2.00 bits per heavy atom. The number of hydrogen-bond acceptors (Lipinski definition) is 5. The summed E-state index contributed by atoms with van der Waals surface area (Å²) in [5.41, 5.74) is 1.39. The van der Waals surface area contributed by atoms with Gasteiger partial charge in [0.1, 0.15) is 5.75 Å². The number of carbonyl (C=O) groups is 1. The van der Waals surface area contributed by atoms with Crippen LogP contribution in [0.4, 0.5) is 4.79 Å². The van der Waals surface area contributed by atoms with Crippen LogP contribution in [0.25, 0.3) is 11.0 Å². The molecule has 6 nitrogen and oxygen atoms in total. The summed E-state index contributed by atoms with van der Waals surface area (Å²) in [6.07, 6.45) is 1.06. The topological polar surface area (TPSA) is 73.3 Å². The number of pyridine rings is 2. The van der Waals surface area contributed by atoms with Gasteiger partial charge in [0.25, 0.3) is 0 Å². The molecule has 2 heterocycles. The van der Waals surface area contributed by atoms with E-state index in [2.05, 4.69) is 15.3 Å². The van der Waals surface area contributed by atoms with E-state index >= 15 is 0 Å². The van der Waals surface area contributed by atoms with Crippen molar-refractivity contribution >= 4 is 17.1 Å². The van der Waals surface area contributed by atoms with E-state index in [1.807, 2.05) is 36.4 Å². The van der Waals surface area contributed by atoms with Crippen LogP contribution in [0.15, 0.2) is 54.7 Å². The lowest BCUT2D eigenvalue weighted by Crippen LogP contribution is -2.26. The van der Waals surface area contributed by atoms with Crippen LogP contribution in [0.2, 0.25) is 0 Å². The summed E-state index contributed by atoms with van der Waals surface area (Å²) >= 11 is 0. The summed E-state index contributed by atoms with van der Waals surface area (Å²) in [7, 11) is 1.59. The maximum atomic E-state index is 11.9. The maximum Gasteiger partial charge on any atom is 0.414 e. The third-order valence-corrected chi connectivity index (χ3v) is 3.25. The lowest BCUT2D eigenvalue weighted by molar-refractivity contribution is 0.198. The van der Waals surface area contributed by atoms with Gasteiger partial charge in [-0.25, -0.2) is 9.78 Å². The van der Waals surface area contributed by atoms with Crippen LogP contribution in [0.3, 0.4) is 0 Å². The van der Waals surface area contributed by atoms with Crippen LogP contribution < -0.4 is 14.8 Å². The number of fused-ring (bicyclic) bond motifs is 1. The molecule has 2 aromatic heterocycles. The van der Waals surface area contributed by atoms with Crippen LogP contribution in [0.1, 0.15) is 5.56 Å². The summed E-state index contributed by atoms with van der Waals surface area (Å²) in [5, 5.41) is 3.55. The smallest absolute Gasteiger partial charge is 0.414 e. The maximum absolute atomic E-state index is 11.9. The fourth-order valence-corrected chi connectivity index (χ4v) is 2.14. The van der Waals surface area contributed by atoms with Gasteiger partial charge < -0.3 is 14.8 Å². The van der Waals surface area contributed by atoms with Crippen LogP contribution in [0.5, 0.6) is 11.6 Å². The first-order valence-electron chi connectivity index (χ1n) is 7.05. The molecule has 0 aliphatic carbocycles. The van der Waals surface area contributed by atoms with Gasteiger partial charge in [0.05, 0.1) is 7.11 Å². The lowest BCUT2D eigenvalue weighted by atomic mass is 10.2. The largest absolute Gasteiger partial charge is 0.496 e. The molecule has 0 saturated heterocycles. The zero-order valence-corrected chi connectivity index (χ0v) is 12.5. The van der Waals surface area contributed by atoms with E-state index < -0.39 is 6.09 Å². The second-order valence-electron chi connectivity index (χ2n) is 4.75. The van der Waals surface area contributed by atoms with E-state index in [1.165, 1.54) is 0 Å². The van der Waals surface area contributed by atoms with Crippen molar-refractivity contribution in [3.05, 3.63) is 60.3 Å². The fraction of sp³-hybridized carbons (Fsp3) is 0.118. The molecule has 1 aromatic carbocycles. The van der Waals surface area contributed by atoms with Crippen molar-refractivity contribution < 1.29 is 14.3 Å². The number of hydrogen-bond donors (Lipinski definition) is 1. The van der Waals surface area contributed by atoms with Crippen molar-refractivity contribution in [2.75, 3.05) is 7.11 Å². The zero-order chi connectivity index (χ0) is 16.1. The van der Waals surface area contributed by atoms with E-state index in [1.54, 1.807) is 25.4 Å². The highest BCUT2D eigenvalue weighted by Crippen LogP contribution is 2.17. The van der Waals surface area contributed by atoms with E-state index in [9.17, 15) is 4.79 Å². The van der Waals surface area contributed by atoms with Crippen LogP contribution >= 0.6 is 0 Å². The molecule has 0 saturated carbocycles. The van der Waals surface area contributed by atoms with Crippen LogP contribution in [-0.4, -0.2) is 23.2 Å². The normalized spacial score (nSPS) is 10.3. The molecule has 0 atom stereocenters. The summed E-state index contributed by atoms with van der Waals surface area (Å²) in [4.78, 5) is 20.2. The van der Waals surface area contributed by atoms with Crippen molar-refractivity contribution in [2.45, 2.75) is 6.54 Å². The van der Waals surface area contributed by atoms with Crippen LogP contribution in [-0.2, 0) is 6.54 Å². The number of ether oxygens (including phenoxy) is 2. The Hall–Kier alpha value is -3.15. The predicted octanol–water partition coefficient (Wildman–Crippen LogP) is 2.93. The molecule has 0 radical (unpaired) electrons. The first-order valence-corrected chi connectivity index (χ1v) is 7.05. The molecule has 3 rings (SSSR count). The number of nitrogens with zero attached hydrogens (tertiary/aromatic N) is 2. The summed E-state index contributed by atoms with van der Waals surface area (Å²) in [5.74, 6) is 0.912. The Labute approximate surface area is 133 Å². The Bertz CT molecular complexity index is 836. The molecule has 3 aromatic rings. The third-order valence-electron chi connectivity index (χ3n) is 3.25. The minimum atomic E-state index is -0.585. The first-order chi connectivity index (χ1) is 11.3. The summed E-state index contributed by atoms with van der Waals surface area (Å²) in [6.45, 7) is 0.300. The number of amides is 1. The average molecular weight is 309 g/mol.